The second-order valence-corrected chi connectivity index (χ2v) is 9.02. The number of esters is 1. The fourth-order valence-electron chi connectivity index (χ4n) is 4.17. The molecule has 9 nitrogen and oxygen atoms in total. The van der Waals surface area contributed by atoms with Gasteiger partial charge in [0.2, 0.25) is 0 Å². The van der Waals surface area contributed by atoms with Crippen molar-refractivity contribution in [2.45, 2.75) is 26.0 Å². The Morgan fingerprint density at radius 2 is 1.76 bits per heavy atom. The number of nitrogens with zero attached hydrogens (tertiary/aromatic N) is 2. The van der Waals surface area contributed by atoms with E-state index >= 15 is 0 Å². The molecule has 38 heavy (non-hydrogen) atoms. The lowest BCUT2D eigenvalue weighted by Crippen LogP contribution is -2.30. The standard InChI is InChI=1S/C28H25ClN2O7/c1-15(2)38-28(35)16-8-7-9-17(12-16)31-24(20-10-5-6-11-30-20)23(26(33)27(31)34)25(32)18-13-22(37-4)19(29)14-21(18)36-3/h5-15,24,32H,1-4H3/b25-23+. The summed E-state index contributed by atoms with van der Waals surface area (Å²) >= 11 is 6.22. The van der Waals surface area contributed by atoms with Gasteiger partial charge < -0.3 is 19.3 Å². The number of methoxy groups -OCH3 is 2. The van der Waals surface area contributed by atoms with Crippen LogP contribution in [0.25, 0.3) is 5.76 Å². The van der Waals surface area contributed by atoms with Crippen LogP contribution in [-0.2, 0) is 14.3 Å². The number of ketones is 1. The molecule has 3 aromatic rings. The van der Waals surface area contributed by atoms with Gasteiger partial charge in [-0.05, 0) is 50.2 Å². The van der Waals surface area contributed by atoms with Crippen molar-refractivity contribution in [3.05, 3.63) is 88.2 Å². The zero-order valence-electron chi connectivity index (χ0n) is 21.1. The average molecular weight is 537 g/mol. The molecule has 1 N–H and O–H groups in total. The van der Waals surface area contributed by atoms with Crippen LogP contribution in [0.3, 0.4) is 0 Å². The van der Waals surface area contributed by atoms with Crippen LogP contribution in [-0.4, -0.2) is 48.1 Å². The maximum Gasteiger partial charge on any atom is 0.338 e. The highest BCUT2D eigenvalue weighted by Crippen LogP contribution is 2.44. The zero-order chi connectivity index (χ0) is 27.6. The zero-order valence-corrected chi connectivity index (χ0v) is 21.9. The molecule has 0 radical (unpaired) electrons. The van der Waals surface area contributed by atoms with Crippen molar-refractivity contribution in [2.75, 3.05) is 19.1 Å². The van der Waals surface area contributed by atoms with Crippen LogP contribution in [0, 0.1) is 0 Å². The Morgan fingerprint density at radius 1 is 1.03 bits per heavy atom. The molecule has 1 unspecified atom stereocenters. The van der Waals surface area contributed by atoms with Crippen molar-refractivity contribution in [3.8, 4) is 11.5 Å². The maximum atomic E-state index is 13.4. The largest absolute Gasteiger partial charge is 0.507 e. The van der Waals surface area contributed by atoms with Crippen molar-refractivity contribution in [3.63, 3.8) is 0 Å². The summed E-state index contributed by atoms with van der Waals surface area (Å²) in [6.45, 7) is 3.45. The van der Waals surface area contributed by atoms with Gasteiger partial charge in [-0.1, -0.05) is 23.7 Å². The summed E-state index contributed by atoms with van der Waals surface area (Å²) in [5.41, 5.74) is 0.652. The third-order valence-corrected chi connectivity index (χ3v) is 6.14. The summed E-state index contributed by atoms with van der Waals surface area (Å²) in [6.07, 6.45) is 1.16. The molecule has 1 aliphatic rings. The molecule has 0 saturated carbocycles. The lowest BCUT2D eigenvalue weighted by atomic mass is 9.97. The van der Waals surface area contributed by atoms with Crippen LogP contribution in [0.5, 0.6) is 11.5 Å². The fourth-order valence-corrected chi connectivity index (χ4v) is 4.40. The van der Waals surface area contributed by atoms with E-state index in [2.05, 4.69) is 4.98 Å². The van der Waals surface area contributed by atoms with Crippen LogP contribution >= 0.6 is 11.6 Å². The predicted molar refractivity (Wildman–Crippen MR) is 141 cm³/mol. The Kier molecular flexibility index (Phi) is 7.68. The van der Waals surface area contributed by atoms with Gasteiger partial charge in [0.15, 0.2) is 0 Å². The Morgan fingerprint density at radius 3 is 2.39 bits per heavy atom. The Labute approximate surface area is 224 Å². The van der Waals surface area contributed by atoms with E-state index < -0.39 is 29.5 Å². The molecular formula is C28H25ClN2O7. The van der Waals surface area contributed by atoms with Crippen molar-refractivity contribution >= 4 is 40.7 Å². The molecule has 1 saturated heterocycles. The minimum atomic E-state index is -1.11. The number of hydrogen-bond acceptors (Lipinski definition) is 8. The molecule has 0 spiro atoms. The number of ether oxygens (including phenoxy) is 3. The molecule has 4 rings (SSSR count). The van der Waals surface area contributed by atoms with Crippen LogP contribution in [0.4, 0.5) is 5.69 Å². The van der Waals surface area contributed by atoms with Gasteiger partial charge in [-0.15, -0.1) is 0 Å². The first-order valence-electron chi connectivity index (χ1n) is 11.6. The Balaban J connectivity index is 1.93. The van der Waals surface area contributed by atoms with E-state index in [9.17, 15) is 19.5 Å². The number of aliphatic hydroxyl groups excluding tert-OH is 1. The molecule has 0 aliphatic carbocycles. The van der Waals surface area contributed by atoms with Crippen LogP contribution in [0.15, 0.2) is 66.4 Å². The van der Waals surface area contributed by atoms with Crippen molar-refractivity contribution in [1.82, 2.24) is 4.98 Å². The lowest BCUT2D eigenvalue weighted by molar-refractivity contribution is -0.132. The molecule has 2 aromatic carbocycles. The van der Waals surface area contributed by atoms with E-state index in [1.54, 1.807) is 50.2 Å². The Bertz CT molecular complexity index is 1440. The number of carbonyl (C=O) groups is 3. The van der Waals surface area contributed by atoms with Gasteiger partial charge in [-0.2, -0.15) is 0 Å². The molecule has 1 fully saturated rings. The summed E-state index contributed by atoms with van der Waals surface area (Å²) in [6, 6.07) is 12.9. The lowest BCUT2D eigenvalue weighted by Gasteiger charge is -2.25. The summed E-state index contributed by atoms with van der Waals surface area (Å²) in [5.74, 6) is -2.53. The van der Waals surface area contributed by atoms with Gasteiger partial charge in [0.05, 0.1) is 47.7 Å². The molecule has 1 aromatic heterocycles. The van der Waals surface area contributed by atoms with Crippen LogP contribution in [0.2, 0.25) is 5.02 Å². The SMILES string of the molecule is COc1cc(/C(O)=C2\C(=O)C(=O)N(c3cccc(C(=O)OC(C)C)c3)C2c2ccccn2)c(OC)cc1Cl. The molecular weight excluding hydrogens is 512 g/mol. The Hall–Kier alpha value is -4.37. The predicted octanol–water partition coefficient (Wildman–Crippen LogP) is 4.94. The van der Waals surface area contributed by atoms with Crippen molar-refractivity contribution in [2.24, 2.45) is 0 Å². The summed E-state index contributed by atoms with van der Waals surface area (Å²) in [4.78, 5) is 45.0. The van der Waals surface area contributed by atoms with E-state index in [0.29, 0.717) is 5.69 Å². The first kappa shape index (κ1) is 26.7. The number of halogens is 1. The van der Waals surface area contributed by atoms with Gasteiger partial charge in [0.1, 0.15) is 23.3 Å². The minimum Gasteiger partial charge on any atom is -0.507 e. The van der Waals surface area contributed by atoms with E-state index in [0.717, 1.165) is 0 Å². The number of aromatic nitrogens is 1. The van der Waals surface area contributed by atoms with Gasteiger partial charge in [-0.3, -0.25) is 19.5 Å². The number of benzene rings is 2. The normalized spacial score (nSPS) is 16.6. The fraction of sp³-hybridized carbons (Fsp3) is 0.214. The number of hydrogen-bond donors (Lipinski definition) is 1. The minimum absolute atomic E-state index is 0.0990. The summed E-state index contributed by atoms with van der Waals surface area (Å²) < 4.78 is 15.9. The summed E-state index contributed by atoms with van der Waals surface area (Å²) in [5, 5.41) is 11.7. The number of pyridine rings is 1. The van der Waals surface area contributed by atoms with Crippen molar-refractivity contribution < 1.29 is 33.7 Å². The topological polar surface area (TPSA) is 115 Å². The second kappa shape index (κ2) is 10.9. The van der Waals surface area contributed by atoms with E-state index in [-0.39, 0.29) is 45.0 Å². The monoisotopic (exact) mass is 536 g/mol. The van der Waals surface area contributed by atoms with E-state index in [1.807, 2.05) is 0 Å². The van der Waals surface area contributed by atoms with Gasteiger partial charge in [-0.25, -0.2) is 4.79 Å². The number of Topliss-reactive ketones (excluding diaryl/α,β-unsaturated/α-hetero) is 1. The third kappa shape index (κ3) is 4.92. The van der Waals surface area contributed by atoms with Crippen LogP contribution < -0.4 is 14.4 Å². The molecule has 1 amide bonds. The quantitative estimate of drug-likeness (QED) is 0.195. The van der Waals surface area contributed by atoms with Crippen LogP contribution in [0.1, 0.15) is 41.5 Å². The third-order valence-electron chi connectivity index (χ3n) is 5.84. The van der Waals surface area contributed by atoms with Gasteiger partial charge >= 0.3 is 5.97 Å². The molecule has 10 heteroatoms. The first-order valence-corrected chi connectivity index (χ1v) is 12.0. The number of aliphatic hydroxyl groups is 1. The molecule has 1 aliphatic heterocycles. The highest BCUT2D eigenvalue weighted by molar-refractivity contribution is 6.51. The molecule has 0 bridgehead atoms. The van der Waals surface area contributed by atoms with Gasteiger partial charge in [0.25, 0.3) is 11.7 Å². The van der Waals surface area contributed by atoms with E-state index in [4.69, 9.17) is 25.8 Å². The molecule has 196 valence electrons. The first-order chi connectivity index (χ1) is 18.2. The second-order valence-electron chi connectivity index (χ2n) is 8.62. The highest BCUT2D eigenvalue weighted by atomic mass is 35.5. The molecule has 2 heterocycles. The highest BCUT2D eigenvalue weighted by Gasteiger charge is 2.48. The maximum absolute atomic E-state index is 13.4. The number of rotatable bonds is 7. The number of carbonyl (C=O) groups excluding carboxylic acids is 3. The summed E-state index contributed by atoms with van der Waals surface area (Å²) in [7, 11) is 2.78. The number of amides is 1. The van der Waals surface area contributed by atoms with Gasteiger partial charge in [0, 0.05) is 18.0 Å². The number of anilines is 1. The average Bonchev–Trinajstić information content (AvgIpc) is 3.18. The smallest absolute Gasteiger partial charge is 0.338 e. The molecule has 1 atom stereocenters. The van der Waals surface area contributed by atoms with Crippen molar-refractivity contribution in [1.29, 1.82) is 0 Å². The van der Waals surface area contributed by atoms with E-state index in [1.165, 1.54) is 43.5 Å².